The van der Waals surface area contributed by atoms with Gasteiger partial charge in [-0.1, -0.05) is 295 Å². The number of benzene rings is 4. The molecule has 9 heteroatoms. The largest absolute Gasteiger partial charge is 2.00 e. The van der Waals surface area contributed by atoms with Crippen molar-refractivity contribution in [3.05, 3.63) is 82.9 Å². The van der Waals surface area contributed by atoms with E-state index in [0.29, 0.717) is 0 Å². The van der Waals surface area contributed by atoms with E-state index in [4.69, 9.17) is 0 Å². The first kappa shape index (κ1) is 71.6. The van der Waals surface area contributed by atoms with Crippen LogP contribution >= 0.6 is 0 Å². The Kier molecular flexibility index (Phi) is 41.9. The SMILES string of the molecule is CCCCCCCCCCCCc1cc(CCCCCCCCCCCC)c2ccc(S(=O)(=O)[O-])cc2c1.CCCCCCCCCCCCc1cc(CCCCCCCCCCCC)c2ccc(S(=O)(=O)[O-])cc2c1.[Ca+2]. The number of hydrogen-bond acceptors (Lipinski definition) is 6. The van der Waals surface area contributed by atoms with Crippen molar-refractivity contribution in [2.24, 2.45) is 0 Å². The second-order valence-corrected chi connectivity index (χ2v) is 25.7. The molecule has 0 bridgehead atoms. The summed E-state index contributed by atoms with van der Waals surface area (Å²) in [6, 6.07) is 18.7. The first-order chi connectivity index (χ1) is 36.9. The fourth-order valence-electron chi connectivity index (χ4n) is 11.2. The Bertz CT molecular complexity index is 2160. The molecule has 0 atom stereocenters. The summed E-state index contributed by atoms with van der Waals surface area (Å²) in [5, 5.41) is 3.99. The molecule has 0 amide bonds. The van der Waals surface area contributed by atoms with Crippen molar-refractivity contribution in [2.75, 3.05) is 0 Å². The molecule has 0 saturated carbocycles. The molecule has 0 N–H and O–H groups in total. The van der Waals surface area contributed by atoms with E-state index in [-0.39, 0.29) is 47.5 Å². The van der Waals surface area contributed by atoms with Gasteiger partial charge in [0.15, 0.2) is 0 Å². The van der Waals surface area contributed by atoms with Crippen LogP contribution in [-0.4, -0.2) is 63.7 Å². The summed E-state index contributed by atoms with van der Waals surface area (Å²) >= 11 is 0. The normalized spacial score (nSPS) is 11.8. The van der Waals surface area contributed by atoms with Crippen molar-refractivity contribution < 1.29 is 25.9 Å². The van der Waals surface area contributed by atoms with Gasteiger partial charge in [0.25, 0.3) is 0 Å². The third-order valence-electron chi connectivity index (χ3n) is 16.0. The Labute approximate surface area is 504 Å². The standard InChI is InChI=1S/2C34H56O3S.Ca/c2*1-3-5-7-9-11-13-15-17-19-21-23-30-27-31(24-22-20-18-16-14-12-10-8-6-4-2)34-26-25-33(38(35,36)37)29-32(34)28-30;/h2*25-29H,3-24H2,1-2H3,(H,35,36,37);/q;;+2/p-2. The Morgan fingerprint density at radius 2 is 0.506 bits per heavy atom. The molecule has 0 aliphatic carbocycles. The van der Waals surface area contributed by atoms with Gasteiger partial charge in [-0.2, -0.15) is 0 Å². The molecule has 0 unspecified atom stereocenters. The van der Waals surface area contributed by atoms with Gasteiger partial charge in [0.1, 0.15) is 20.2 Å². The molecule has 77 heavy (non-hydrogen) atoms. The average molecular weight is 1130 g/mol. The van der Waals surface area contributed by atoms with E-state index in [1.165, 1.54) is 278 Å². The van der Waals surface area contributed by atoms with Crippen LogP contribution in [-0.2, 0) is 45.9 Å². The summed E-state index contributed by atoms with van der Waals surface area (Å²) in [6.45, 7) is 9.06. The van der Waals surface area contributed by atoms with E-state index in [0.717, 1.165) is 60.1 Å². The summed E-state index contributed by atoms with van der Waals surface area (Å²) < 4.78 is 69.8. The molecule has 432 valence electrons. The molecule has 4 aromatic carbocycles. The zero-order chi connectivity index (χ0) is 55.0. The summed E-state index contributed by atoms with van der Waals surface area (Å²) in [4.78, 5) is -0.239. The second kappa shape index (κ2) is 45.1. The smallest absolute Gasteiger partial charge is 0.744 e. The molecule has 0 aromatic heterocycles. The minimum Gasteiger partial charge on any atom is -0.744 e. The number of rotatable bonds is 46. The molecule has 6 nitrogen and oxygen atoms in total. The molecule has 0 spiro atoms. The minimum atomic E-state index is -4.44. The van der Waals surface area contributed by atoms with Gasteiger partial charge in [-0.15, -0.1) is 0 Å². The van der Waals surface area contributed by atoms with Crippen LogP contribution in [0.15, 0.2) is 70.5 Å². The van der Waals surface area contributed by atoms with Crippen LogP contribution in [0.5, 0.6) is 0 Å². The van der Waals surface area contributed by atoms with Crippen molar-refractivity contribution in [1.82, 2.24) is 0 Å². The zero-order valence-electron chi connectivity index (χ0n) is 49.9. The van der Waals surface area contributed by atoms with Gasteiger partial charge in [-0.05, 0) is 119 Å². The van der Waals surface area contributed by atoms with Crippen molar-refractivity contribution in [2.45, 2.75) is 320 Å². The molecular weight excluding hydrogens is 1020 g/mol. The van der Waals surface area contributed by atoms with Crippen LogP contribution < -0.4 is 0 Å². The van der Waals surface area contributed by atoms with Gasteiger partial charge in [0.2, 0.25) is 0 Å². The molecule has 0 heterocycles. The van der Waals surface area contributed by atoms with Crippen molar-refractivity contribution in [3.63, 3.8) is 0 Å². The number of aryl methyl sites for hydroxylation is 4. The molecule has 0 radical (unpaired) electrons. The van der Waals surface area contributed by atoms with Crippen LogP contribution in [0.2, 0.25) is 0 Å². The van der Waals surface area contributed by atoms with Crippen LogP contribution in [0.1, 0.15) is 307 Å². The predicted molar refractivity (Wildman–Crippen MR) is 332 cm³/mol. The number of unbranched alkanes of at least 4 members (excludes halogenated alkanes) is 36. The van der Waals surface area contributed by atoms with E-state index in [2.05, 4.69) is 52.0 Å². The van der Waals surface area contributed by atoms with E-state index in [9.17, 15) is 25.9 Å². The third-order valence-corrected chi connectivity index (χ3v) is 17.6. The van der Waals surface area contributed by atoms with Gasteiger partial charge >= 0.3 is 37.7 Å². The van der Waals surface area contributed by atoms with Crippen LogP contribution in [0.4, 0.5) is 0 Å². The van der Waals surface area contributed by atoms with Crippen LogP contribution in [0.3, 0.4) is 0 Å². The van der Waals surface area contributed by atoms with Crippen LogP contribution in [0, 0.1) is 0 Å². The summed E-state index contributed by atoms with van der Waals surface area (Å²) in [5.41, 5.74) is 5.16. The Hall–Kier alpha value is -1.52. The average Bonchev–Trinajstić information content (AvgIpc) is 3.40. The zero-order valence-corrected chi connectivity index (χ0v) is 53.7. The monoisotopic (exact) mass is 1130 g/mol. The third kappa shape index (κ3) is 33.2. The van der Waals surface area contributed by atoms with Crippen molar-refractivity contribution in [3.8, 4) is 0 Å². The van der Waals surface area contributed by atoms with Crippen molar-refractivity contribution in [1.29, 1.82) is 0 Å². The fourth-order valence-corrected chi connectivity index (χ4v) is 12.3. The minimum absolute atomic E-state index is 0. The van der Waals surface area contributed by atoms with Gasteiger partial charge < -0.3 is 9.11 Å². The molecule has 0 saturated heterocycles. The summed E-state index contributed by atoms with van der Waals surface area (Å²) in [5.74, 6) is 0. The molecule has 4 rings (SSSR count). The van der Waals surface area contributed by atoms with Crippen LogP contribution in [0.25, 0.3) is 21.5 Å². The predicted octanol–water partition coefficient (Wildman–Crippen LogP) is 21.0. The molecule has 4 aromatic rings. The quantitative estimate of drug-likeness (QED) is 0.0247. The first-order valence-corrected chi connectivity index (χ1v) is 34.8. The number of fused-ring (bicyclic) bond motifs is 2. The van der Waals surface area contributed by atoms with Gasteiger partial charge in [-0.3, -0.25) is 0 Å². The molecular formula is C68H110CaO6S2. The molecule has 0 fully saturated rings. The van der Waals surface area contributed by atoms with Gasteiger partial charge in [0.05, 0.1) is 9.79 Å². The van der Waals surface area contributed by atoms with Gasteiger partial charge in [0, 0.05) is 0 Å². The second-order valence-electron chi connectivity index (χ2n) is 22.9. The Morgan fingerprint density at radius 3 is 0.740 bits per heavy atom. The summed E-state index contributed by atoms with van der Waals surface area (Å²) in [6.07, 6.45) is 56.9. The molecule has 0 aliphatic heterocycles. The first-order valence-electron chi connectivity index (χ1n) is 31.9. The Balaban J connectivity index is 0.000000520. The van der Waals surface area contributed by atoms with E-state index < -0.39 is 20.2 Å². The van der Waals surface area contributed by atoms with E-state index >= 15 is 0 Å². The van der Waals surface area contributed by atoms with Gasteiger partial charge in [-0.25, -0.2) is 16.8 Å². The fraction of sp³-hybridized carbons (Fsp3) is 0.706. The van der Waals surface area contributed by atoms with Crippen molar-refractivity contribution >= 4 is 79.5 Å². The maximum atomic E-state index is 11.6. The van der Waals surface area contributed by atoms with E-state index in [1.54, 1.807) is 12.1 Å². The summed E-state index contributed by atoms with van der Waals surface area (Å²) in [7, 11) is -8.89. The number of hydrogen-bond donors (Lipinski definition) is 0. The Morgan fingerprint density at radius 1 is 0.286 bits per heavy atom. The topological polar surface area (TPSA) is 114 Å². The maximum absolute atomic E-state index is 11.6. The molecule has 0 aliphatic rings. The maximum Gasteiger partial charge on any atom is 2.00 e. The van der Waals surface area contributed by atoms with E-state index in [1.807, 2.05) is 12.1 Å².